The van der Waals surface area contributed by atoms with E-state index in [-0.39, 0.29) is 5.41 Å². The molecule has 3 heteroatoms. The second kappa shape index (κ2) is 8.69. The number of methoxy groups -OCH3 is 2. The van der Waals surface area contributed by atoms with Crippen molar-refractivity contribution in [2.75, 3.05) is 20.8 Å². The fourth-order valence-electron chi connectivity index (χ4n) is 4.23. The molecule has 3 nitrogen and oxygen atoms in total. The van der Waals surface area contributed by atoms with E-state index in [1.54, 1.807) is 14.2 Å². The first-order valence-electron chi connectivity index (χ1n) is 10.1. The molecule has 0 aliphatic carbocycles. The van der Waals surface area contributed by atoms with Gasteiger partial charge >= 0.3 is 0 Å². The fourth-order valence-corrected chi connectivity index (χ4v) is 4.23. The summed E-state index contributed by atoms with van der Waals surface area (Å²) in [5.41, 5.74) is 2.56. The van der Waals surface area contributed by atoms with E-state index in [1.165, 1.54) is 43.2 Å². The zero-order valence-corrected chi connectivity index (χ0v) is 17.1. The monoisotopic (exact) mass is 368 g/mol. The standard InChI is InChI=1S/C24H32O3/c1-5-6-7-8-9-22-21-15-14-20(26-4)16-23(21)27-17-24(22,2)18-10-12-19(25-3)13-11-18/h10-16,22H,5-9,17H2,1-4H3. The summed E-state index contributed by atoms with van der Waals surface area (Å²) in [4.78, 5) is 0. The first-order chi connectivity index (χ1) is 13.1. The minimum absolute atomic E-state index is 0.0555. The quantitative estimate of drug-likeness (QED) is 0.526. The van der Waals surface area contributed by atoms with Crippen LogP contribution in [0.15, 0.2) is 42.5 Å². The molecule has 1 heterocycles. The van der Waals surface area contributed by atoms with E-state index in [0.717, 1.165) is 17.2 Å². The van der Waals surface area contributed by atoms with Crippen molar-refractivity contribution in [1.29, 1.82) is 0 Å². The Balaban J connectivity index is 1.94. The number of hydrogen-bond acceptors (Lipinski definition) is 3. The van der Waals surface area contributed by atoms with Crippen LogP contribution < -0.4 is 14.2 Å². The van der Waals surface area contributed by atoms with Crippen molar-refractivity contribution in [2.45, 2.75) is 57.3 Å². The number of ether oxygens (including phenoxy) is 3. The molecular weight excluding hydrogens is 336 g/mol. The molecule has 0 saturated heterocycles. The summed E-state index contributed by atoms with van der Waals surface area (Å²) in [6, 6.07) is 14.8. The zero-order chi connectivity index (χ0) is 19.3. The lowest BCUT2D eigenvalue weighted by Gasteiger charge is -2.43. The number of unbranched alkanes of at least 4 members (excludes halogenated alkanes) is 3. The van der Waals surface area contributed by atoms with Gasteiger partial charge in [0.2, 0.25) is 0 Å². The molecule has 2 unspecified atom stereocenters. The van der Waals surface area contributed by atoms with Crippen molar-refractivity contribution < 1.29 is 14.2 Å². The van der Waals surface area contributed by atoms with Gasteiger partial charge in [-0.05, 0) is 35.7 Å². The fraction of sp³-hybridized carbons (Fsp3) is 0.500. The average molecular weight is 369 g/mol. The van der Waals surface area contributed by atoms with Gasteiger partial charge in [0.15, 0.2) is 0 Å². The molecule has 0 spiro atoms. The summed E-state index contributed by atoms with van der Waals surface area (Å²) in [5.74, 6) is 3.15. The van der Waals surface area contributed by atoms with E-state index in [9.17, 15) is 0 Å². The number of rotatable bonds is 8. The van der Waals surface area contributed by atoms with Crippen LogP contribution in [0.2, 0.25) is 0 Å². The van der Waals surface area contributed by atoms with E-state index < -0.39 is 0 Å². The van der Waals surface area contributed by atoms with Gasteiger partial charge in [0.05, 0.1) is 20.8 Å². The summed E-state index contributed by atoms with van der Waals surface area (Å²) in [6.07, 6.45) is 6.27. The van der Waals surface area contributed by atoms with Crippen molar-refractivity contribution in [2.24, 2.45) is 0 Å². The third kappa shape index (κ3) is 4.07. The predicted molar refractivity (Wildman–Crippen MR) is 110 cm³/mol. The van der Waals surface area contributed by atoms with E-state index in [1.807, 2.05) is 6.07 Å². The van der Waals surface area contributed by atoms with Gasteiger partial charge in [-0.3, -0.25) is 0 Å². The molecule has 1 aliphatic heterocycles. The normalized spacial score (nSPS) is 21.3. The van der Waals surface area contributed by atoms with Crippen LogP contribution in [0.1, 0.15) is 63.0 Å². The van der Waals surface area contributed by atoms with Crippen molar-refractivity contribution in [3.63, 3.8) is 0 Å². The third-order valence-corrected chi connectivity index (χ3v) is 5.99. The van der Waals surface area contributed by atoms with Gasteiger partial charge in [-0.1, -0.05) is 57.7 Å². The molecule has 146 valence electrons. The van der Waals surface area contributed by atoms with Crippen LogP contribution in [0.4, 0.5) is 0 Å². The Bertz CT molecular complexity index is 738. The van der Waals surface area contributed by atoms with Crippen molar-refractivity contribution in [3.8, 4) is 17.2 Å². The van der Waals surface area contributed by atoms with Crippen LogP contribution >= 0.6 is 0 Å². The highest BCUT2D eigenvalue weighted by atomic mass is 16.5. The van der Waals surface area contributed by atoms with Gasteiger partial charge in [0.25, 0.3) is 0 Å². The molecule has 0 saturated carbocycles. The smallest absolute Gasteiger partial charge is 0.126 e. The van der Waals surface area contributed by atoms with Crippen LogP contribution in [0.3, 0.4) is 0 Å². The molecule has 0 aromatic heterocycles. The van der Waals surface area contributed by atoms with Gasteiger partial charge in [0.1, 0.15) is 17.2 Å². The molecule has 0 fully saturated rings. The molecule has 3 rings (SSSR count). The van der Waals surface area contributed by atoms with E-state index >= 15 is 0 Å². The highest BCUT2D eigenvalue weighted by Gasteiger charge is 2.42. The Morgan fingerprint density at radius 1 is 0.963 bits per heavy atom. The maximum absolute atomic E-state index is 6.24. The average Bonchev–Trinajstić information content (AvgIpc) is 2.72. The minimum Gasteiger partial charge on any atom is -0.497 e. The number of benzene rings is 2. The Kier molecular flexibility index (Phi) is 6.30. The molecule has 0 bridgehead atoms. The Morgan fingerprint density at radius 3 is 2.33 bits per heavy atom. The minimum atomic E-state index is -0.0555. The van der Waals surface area contributed by atoms with Crippen molar-refractivity contribution in [1.82, 2.24) is 0 Å². The van der Waals surface area contributed by atoms with Crippen molar-refractivity contribution >= 4 is 0 Å². The van der Waals surface area contributed by atoms with E-state index in [0.29, 0.717) is 12.5 Å². The SMILES string of the molecule is CCCCCCC1c2ccc(OC)cc2OCC1(C)c1ccc(OC)cc1. The highest BCUT2D eigenvalue weighted by molar-refractivity contribution is 5.48. The van der Waals surface area contributed by atoms with Gasteiger partial charge < -0.3 is 14.2 Å². The van der Waals surface area contributed by atoms with Crippen LogP contribution in [0.25, 0.3) is 0 Å². The first-order valence-corrected chi connectivity index (χ1v) is 10.1. The Hall–Kier alpha value is -2.16. The lowest BCUT2D eigenvalue weighted by atomic mass is 9.66. The van der Waals surface area contributed by atoms with Gasteiger partial charge in [0, 0.05) is 17.4 Å². The van der Waals surface area contributed by atoms with Gasteiger partial charge in [-0.2, -0.15) is 0 Å². The maximum atomic E-state index is 6.24. The molecule has 0 amide bonds. The maximum Gasteiger partial charge on any atom is 0.126 e. The van der Waals surface area contributed by atoms with E-state index in [4.69, 9.17) is 14.2 Å². The summed E-state index contributed by atoms with van der Waals surface area (Å²) < 4.78 is 17.0. The molecule has 2 aromatic carbocycles. The van der Waals surface area contributed by atoms with E-state index in [2.05, 4.69) is 50.2 Å². The summed E-state index contributed by atoms with van der Waals surface area (Å²) >= 11 is 0. The first kappa shape index (κ1) is 19.6. The summed E-state index contributed by atoms with van der Waals surface area (Å²) in [7, 11) is 3.41. The largest absolute Gasteiger partial charge is 0.497 e. The number of hydrogen-bond donors (Lipinski definition) is 0. The molecule has 0 radical (unpaired) electrons. The second-order valence-corrected chi connectivity index (χ2v) is 7.74. The predicted octanol–water partition coefficient (Wildman–Crippen LogP) is 6.11. The number of fused-ring (bicyclic) bond motifs is 1. The zero-order valence-electron chi connectivity index (χ0n) is 17.1. The molecule has 2 atom stereocenters. The Morgan fingerprint density at radius 2 is 1.67 bits per heavy atom. The highest BCUT2D eigenvalue weighted by Crippen LogP contribution is 2.49. The van der Waals surface area contributed by atoms with Crippen LogP contribution in [0.5, 0.6) is 17.2 Å². The van der Waals surface area contributed by atoms with Crippen LogP contribution in [-0.4, -0.2) is 20.8 Å². The van der Waals surface area contributed by atoms with Gasteiger partial charge in [-0.25, -0.2) is 0 Å². The molecule has 0 N–H and O–H groups in total. The summed E-state index contributed by atoms with van der Waals surface area (Å²) in [5, 5.41) is 0. The molecule has 27 heavy (non-hydrogen) atoms. The lowest BCUT2D eigenvalue weighted by molar-refractivity contribution is 0.162. The van der Waals surface area contributed by atoms with Crippen LogP contribution in [-0.2, 0) is 5.41 Å². The lowest BCUT2D eigenvalue weighted by Crippen LogP contribution is -2.40. The van der Waals surface area contributed by atoms with Crippen LogP contribution in [0, 0.1) is 0 Å². The molecule has 1 aliphatic rings. The second-order valence-electron chi connectivity index (χ2n) is 7.74. The molecular formula is C24H32O3. The third-order valence-electron chi connectivity index (χ3n) is 5.99. The Labute approximate surface area is 163 Å². The van der Waals surface area contributed by atoms with Crippen molar-refractivity contribution in [3.05, 3.63) is 53.6 Å². The van der Waals surface area contributed by atoms with Gasteiger partial charge in [-0.15, -0.1) is 0 Å². The topological polar surface area (TPSA) is 27.7 Å². The summed E-state index contributed by atoms with van der Waals surface area (Å²) in [6.45, 7) is 5.28. The molecule has 2 aromatic rings.